The fourth-order valence-electron chi connectivity index (χ4n) is 4.16. The smallest absolute Gasteiger partial charge is 0.341 e. The zero-order chi connectivity index (χ0) is 17.4. The molecule has 2 fully saturated rings. The lowest BCUT2D eigenvalue weighted by molar-refractivity contribution is -0.121. The van der Waals surface area contributed by atoms with Gasteiger partial charge < -0.3 is 10.1 Å². The Morgan fingerprint density at radius 2 is 2.00 bits per heavy atom. The van der Waals surface area contributed by atoms with Crippen molar-refractivity contribution in [2.45, 2.75) is 46.5 Å². The number of rotatable bonds is 5. The Bertz CT molecular complexity index is 693. The third-order valence-corrected chi connectivity index (χ3v) is 6.57. The number of fused-ring (bicyclic) bond motifs is 2. The van der Waals surface area contributed by atoms with Gasteiger partial charge in [-0.2, -0.15) is 0 Å². The number of thiophene rings is 1. The van der Waals surface area contributed by atoms with Crippen molar-refractivity contribution in [1.82, 2.24) is 0 Å². The molecule has 5 nitrogen and oxygen atoms in total. The molecule has 1 aromatic rings. The zero-order valence-corrected chi connectivity index (χ0v) is 15.1. The highest BCUT2D eigenvalue weighted by molar-refractivity contribution is 7.18. The van der Waals surface area contributed by atoms with Crippen LogP contribution in [0.1, 0.15) is 65.1 Å². The molecule has 1 amide bonds. The highest BCUT2D eigenvalue weighted by atomic mass is 32.1. The van der Waals surface area contributed by atoms with E-state index in [-0.39, 0.29) is 24.2 Å². The number of esters is 1. The molecule has 130 valence electrons. The minimum Gasteiger partial charge on any atom is -0.462 e. The summed E-state index contributed by atoms with van der Waals surface area (Å²) in [7, 11) is 0. The van der Waals surface area contributed by atoms with Crippen LogP contribution in [0, 0.1) is 24.7 Å². The fourth-order valence-corrected chi connectivity index (χ4v) is 5.25. The molecule has 3 rings (SSSR count). The maximum atomic E-state index is 12.7. The van der Waals surface area contributed by atoms with Crippen molar-refractivity contribution in [3.63, 3.8) is 0 Å². The second kappa shape index (κ2) is 6.67. The zero-order valence-electron chi connectivity index (χ0n) is 14.3. The second-order valence-corrected chi connectivity index (χ2v) is 7.83. The van der Waals surface area contributed by atoms with E-state index < -0.39 is 5.97 Å². The van der Waals surface area contributed by atoms with Crippen molar-refractivity contribution in [1.29, 1.82) is 0 Å². The summed E-state index contributed by atoms with van der Waals surface area (Å²) in [5.41, 5.74) is 0.915. The summed E-state index contributed by atoms with van der Waals surface area (Å²) < 4.78 is 5.10. The largest absolute Gasteiger partial charge is 0.462 e. The number of carbonyl (C=O) groups is 3. The van der Waals surface area contributed by atoms with Gasteiger partial charge in [0.05, 0.1) is 17.0 Å². The standard InChI is InChI=1S/C18H23NO4S/c1-4-23-18(22)14-9(2)15(10(3)20)24-17(14)19-16(21)13-8-11-5-6-12(13)7-11/h11-13H,4-8H2,1-3H3,(H,19,21)/t11-,12-,13+/m0/s1. The molecule has 0 radical (unpaired) electrons. The number of hydrogen-bond donors (Lipinski definition) is 1. The Labute approximate surface area is 145 Å². The molecule has 0 saturated heterocycles. The first-order valence-electron chi connectivity index (χ1n) is 8.54. The number of amides is 1. The maximum Gasteiger partial charge on any atom is 0.341 e. The van der Waals surface area contributed by atoms with Gasteiger partial charge in [-0.25, -0.2) is 4.79 Å². The third kappa shape index (κ3) is 2.99. The van der Waals surface area contributed by atoms with Crippen molar-refractivity contribution in [3.05, 3.63) is 16.0 Å². The molecule has 24 heavy (non-hydrogen) atoms. The van der Waals surface area contributed by atoms with Gasteiger partial charge in [0.15, 0.2) is 5.78 Å². The van der Waals surface area contributed by atoms with E-state index >= 15 is 0 Å². The van der Waals surface area contributed by atoms with Gasteiger partial charge in [-0.05, 0) is 57.4 Å². The first-order valence-corrected chi connectivity index (χ1v) is 9.36. The average molecular weight is 349 g/mol. The first-order chi connectivity index (χ1) is 11.4. The number of hydrogen-bond acceptors (Lipinski definition) is 5. The molecule has 1 aromatic heterocycles. The topological polar surface area (TPSA) is 72.5 Å². The van der Waals surface area contributed by atoms with E-state index in [0.717, 1.165) is 19.3 Å². The van der Waals surface area contributed by atoms with E-state index in [0.29, 0.717) is 32.8 Å². The van der Waals surface area contributed by atoms with Crippen LogP contribution in [0.15, 0.2) is 0 Å². The molecular weight excluding hydrogens is 326 g/mol. The van der Waals surface area contributed by atoms with Crippen molar-refractivity contribution < 1.29 is 19.1 Å². The molecule has 2 bridgehead atoms. The molecule has 0 aliphatic heterocycles. The molecule has 0 aromatic carbocycles. The number of carbonyl (C=O) groups excluding carboxylic acids is 3. The third-order valence-electron chi connectivity index (χ3n) is 5.26. The van der Waals surface area contributed by atoms with Gasteiger partial charge in [0.2, 0.25) is 5.91 Å². The summed E-state index contributed by atoms with van der Waals surface area (Å²) in [6.07, 6.45) is 4.44. The Balaban J connectivity index is 1.86. The number of ether oxygens (including phenoxy) is 1. The Kier molecular flexibility index (Phi) is 4.76. The summed E-state index contributed by atoms with van der Waals surface area (Å²) >= 11 is 1.17. The van der Waals surface area contributed by atoms with E-state index in [2.05, 4.69) is 5.32 Å². The van der Waals surface area contributed by atoms with Crippen LogP contribution in [0.3, 0.4) is 0 Å². The van der Waals surface area contributed by atoms with Crippen LogP contribution in [0.2, 0.25) is 0 Å². The van der Waals surface area contributed by atoms with E-state index in [9.17, 15) is 14.4 Å². The van der Waals surface area contributed by atoms with Gasteiger partial charge in [-0.15, -0.1) is 11.3 Å². The Hall–Kier alpha value is -1.69. The van der Waals surface area contributed by atoms with Crippen LogP contribution >= 0.6 is 11.3 Å². The van der Waals surface area contributed by atoms with Crippen molar-refractivity contribution >= 4 is 34.0 Å². The summed E-state index contributed by atoms with van der Waals surface area (Å²) in [6, 6.07) is 0. The van der Waals surface area contributed by atoms with Gasteiger partial charge in [-0.3, -0.25) is 9.59 Å². The van der Waals surface area contributed by atoms with Crippen molar-refractivity contribution in [2.75, 3.05) is 11.9 Å². The van der Waals surface area contributed by atoms with Gasteiger partial charge in [0.25, 0.3) is 0 Å². The number of anilines is 1. The normalized spacial score (nSPS) is 24.9. The van der Waals surface area contributed by atoms with E-state index in [4.69, 9.17) is 4.74 Å². The monoisotopic (exact) mass is 349 g/mol. The van der Waals surface area contributed by atoms with Crippen LogP contribution in [0.5, 0.6) is 0 Å². The molecule has 1 N–H and O–H groups in total. The lowest BCUT2D eigenvalue weighted by atomic mass is 9.88. The number of ketones is 1. The Morgan fingerprint density at radius 1 is 1.25 bits per heavy atom. The van der Waals surface area contributed by atoms with E-state index in [1.165, 1.54) is 24.7 Å². The highest BCUT2D eigenvalue weighted by Crippen LogP contribution is 2.49. The van der Waals surface area contributed by atoms with Crippen LogP contribution in [0.4, 0.5) is 5.00 Å². The summed E-state index contributed by atoms with van der Waals surface area (Å²) in [4.78, 5) is 37.3. The van der Waals surface area contributed by atoms with E-state index in [1.54, 1.807) is 13.8 Å². The Morgan fingerprint density at radius 3 is 2.54 bits per heavy atom. The summed E-state index contributed by atoms with van der Waals surface area (Å²) in [6.45, 7) is 5.18. The quantitative estimate of drug-likeness (QED) is 0.648. The fraction of sp³-hybridized carbons (Fsp3) is 0.611. The van der Waals surface area contributed by atoms with Crippen LogP contribution in [0.25, 0.3) is 0 Å². The SMILES string of the molecule is CCOC(=O)c1c(NC(=O)[C@@H]2C[C@H]3CC[C@H]2C3)sc(C(C)=O)c1C. The van der Waals surface area contributed by atoms with Crippen LogP contribution in [-0.2, 0) is 9.53 Å². The van der Waals surface area contributed by atoms with Gasteiger partial charge >= 0.3 is 5.97 Å². The van der Waals surface area contributed by atoms with Gasteiger partial charge in [0.1, 0.15) is 5.00 Å². The predicted octanol–water partition coefficient (Wildman–Crippen LogP) is 3.81. The van der Waals surface area contributed by atoms with Crippen LogP contribution in [-0.4, -0.2) is 24.3 Å². The molecule has 2 saturated carbocycles. The molecular formula is C18H23NO4S. The van der Waals surface area contributed by atoms with Crippen LogP contribution < -0.4 is 5.32 Å². The molecule has 2 aliphatic rings. The molecule has 1 heterocycles. The molecule has 3 atom stereocenters. The first kappa shape index (κ1) is 17.1. The molecule has 0 unspecified atom stereocenters. The van der Waals surface area contributed by atoms with Crippen molar-refractivity contribution in [3.8, 4) is 0 Å². The van der Waals surface area contributed by atoms with E-state index in [1.807, 2.05) is 0 Å². The lowest BCUT2D eigenvalue weighted by Crippen LogP contribution is -2.27. The number of nitrogens with one attached hydrogen (secondary N) is 1. The average Bonchev–Trinajstić information content (AvgIpc) is 3.21. The molecule has 0 spiro atoms. The predicted molar refractivity (Wildman–Crippen MR) is 92.6 cm³/mol. The lowest BCUT2D eigenvalue weighted by Gasteiger charge is -2.20. The summed E-state index contributed by atoms with van der Waals surface area (Å²) in [5.74, 6) is 0.555. The highest BCUT2D eigenvalue weighted by Gasteiger charge is 2.43. The minimum absolute atomic E-state index is 0.0240. The second-order valence-electron chi connectivity index (χ2n) is 6.81. The molecule has 2 aliphatic carbocycles. The number of Topliss-reactive ketones (excluding diaryl/α,β-unsaturated/α-hetero) is 1. The summed E-state index contributed by atoms with van der Waals surface area (Å²) in [5, 5.41) is 3.37. The van der Waals surface area contributed by atoms with Gasteiger partial charge in [-0.1, -0.05) is 6.42 Å². The minimum atomic E-state index is -0.484. The van der Waals surface area contributed by atoms with Gasteiger partial charge in [0, 0.05) is 5.92 Å². The molecule has 6 heteroatoms. The maximum absolute atomic E-state index is 12.7. The van der Waals surface area contributed by atoms with Crippen molar-refractivity contribution in [2.24, 2.45) is 17.8 Å².